The standard InChI is InChI=1S/C44H28S/c1-5-13-38-34(9-1)35-10-2-6-14-39(35)42(38)27-29-17-21-31(22-18-29)33-25-26-45-44(33)32-23-19-30(20-24-32)28-43-40-15-7-3-11-36(40)37-12-4-8-16-41(37)43/h1-28H. The van der Waals surface area contributed by atoms with E-state index in [-0.39, 0.29) is 0 Å². The minimum absolute atomic E-state index is 1.21. The molecule has 2 aliphatic carbocycles. The summed E-state index contributed by atoms with van der Waals surface area (Å²) >= 11 is 1.81. The Morgan fingerprint density at radius 2 is 0.667 bits per heavy atom. The Morgan fingerprint density at radius 3 is 1.07 bits per heavy atom. The van der Waals surface area contributed by atoms with E-state index < -0.39 is 0 Å². The predicted molar refractivity (Wildman–Crippen MR) is 193 cm³/mol. The highest BCUT2D eigenvalue weighted by Gasteiger charge is 2.23. The zero-order valence-corrected chi connectivity index (χ0v) is 25.4. The first kappa shape index (κ1) is 25.9. The van der Waals surface area contributed by atoms with Crippen molar-refractivity contribution in [2.75, 3.05) is 0 Å². The summed E-state index contributed by atoms with van der Waals surface area (Å²) in [6, 6.07) is 55.2. The van der Waals surface area contributed by atoms with Crippen LogP contribution in [0.25, 0.3) is 67.1 Å². The van der Waals surface area contributed by atoms with Gasteiger partial charge in [-0.05, 0) is 102 Å². The molecule has 1 aromatic heterocycles. The molecule has 0 spiro atoms. The molecule has 0 saturated heterocycles. The largest absolute Gasteiger partial charge is 0.143 e. The van der Waals surface area contributed by atoms with Crippen molar-refractivity contribution in [3.63, 3.8) is 0 Å². The average Bonchev–Trinajstić information content (AvgIpc) is 3.80. The Bertz CT molecular complexity index is 2030. The molecule has 0 radical (unpaired) electrons. The molecule has 0 bridgehead atoms. The second kappa shape index (κ2) is 10.6. The maximum absolute atomic E-state index is 2.33. The van der Waals surface area contributed by atoms with E-state index in [4.69, 9.17) is 0 Å². The van der Waals surface area contributed by atoms with Crippen molar-refractivity contribution in [1.29, 1.82) is 0 Å². The van der Waals surface area contributed by atoms with Gasteiger partial charge in [0.15, 0.2) is 0 Å². The van der Waals surface area contributed by atoms with Crippen LogP contribution in [0, 0.1) is 0 Å². The Labute approximate surface area is 267 Å². The van der Waals surface area contributed by atoms with Crippen molar-refractivity contribution >= 4 is 34.6 Å². The van der Waals surface area contributed by atoms with Crippen molar-refractivity contribution in [2.24, 2.45) is 0 Å². The second-order valence-electron chi connectivity index (χ2n) is 11.7. The SMILES string of the molecule is C(=C1c2ccccc2-c2ccccc21)c1ccc(-c2ccsc2-c2ccc(C=C3c4ccccc4-c4ccccc43)cc2)cc1. The average molecular weight is 589 g/mol. The molecule has 0 unspecified atom stereocenters. The van der Waals surface area contributed by atoms with Gasteiger partial charge in [0.25, 0.3) is 0 Å². The molecule has 1 heteroatoms. The number of hydrogen-bond donors (Lipinski definition) is 0. The van der Waals surface area contributed by atoms with Crippen molar-refractivity contribution < 1.29 is 0 Å². The zero-order valence-electron chi connectivity index (χ0n) is 24.6. The highest BCUT2D eigenvalue weighted by molar-refractivity contribution is 7.14. The number of benzene rings is 6. The molecule has 6 aromatic carbocycles. The molecule has 9 rings (SSSR count). The van der Waals surface area contributed by atoms with Gasteiger partial charge in [-0.3, -0.25) is 0 Å². The van der Waals surface area contributed by atoms with E-state index in [0.717, 1.165) is 0 Å². The maximum atomic E-state index is 2.33. The van der Waals surface area contributed by atoms with Crippen LogP contribution in [-0.4, -0.2) is 0 Å². The van der Waals surface area contributed by atoms with Crippen molar-refractivity contribution in [3.05, 3.63) is 190 Å². The molecular formula is C44H28S. The van der Waals surface area contributed by atoms with Gasteiger partial charge in [0.2, 0.25) is 0 Å². The summed E-state index contributed by atoms with van der Waals surface area (Å²) in [5.74, 6) is 0. The molecule has 0 amide bonds. The fraction of sp³-hybridized carbons (Fsp3) is 0. The Morgan fingerprint density at radius 1 is 0.311 bits per heavy atom. The fourth-order valence-electron chi connectivity index (χ4n) is 7.00. The van der Waals surface area contributed by atoms with Gasteiger partial charge in [-0.1, -0.05) is 146 Å². The van der Waals surface area contributed by atoms with Gasteiger partial charge in [-0.25, -0.2) is 0 Å². The molecule has 0 nitrogen and oxygen atoms in total. The third kappa shape index (κ3) is 4.36. The Kier molecular flexibility index (Phi) is 6.11. The van der Waals surface area contributed by atoms with Crippen LogP contribution in [0.4, 0.5) is 0 Å². The van der Waals surface area contributed by atoms with E-state index in [9.17, 15) is 0 Å². The molecule has 0 saturated carbocycles. The Hall–Kier alpha value is -5.50. The highest BCUT2D eigenvalue weighted by atomic mass is 32.1. The topological polar surface area (TPSA) is 0 Å². The van der Waals surface area contributed by atoms with E-state index in [1.165, 1.54) is 88.3 Å². The van der Waals surface area contributed by atoms with Gasteiger partial charge < -0.3 is 0 Å². The van der Waals surface area contributed by atoms with E-state index in [1.54, 1.807) is 11.3 Å². The fourth-order valence-corrected chi connectivity index (χ4v) is 7.92. The summed E-state index contributed by atoms with van der Waals surface area (Å²) in [5.41, 5.74) is 19.3. The van der Waals surface area contributed by atoms with Crippen LogP contribution < -0.4 is 0 Å². The lowest BCUT2D eigenvalue weighted by Crippen LogP contribution is -1.84. The normalized spacial score (nSPS) is 12.4. The van der Waals surface area contributed by atoms with E-state index in [1.807, 2.05) is 0 Å². The van der Waals surface area contributed by atoms with Gasteiger partial charge in [0.05, 0.1) is 0 Å². The highest BCUT2D eigenvalue weighted by Crippen LogP contribution is 2.46. The van der Waals surface area contributed by atoms with Crippen LogP contribution in [0.1, 0.15) is 33.4 Å². The molecule has 0 fully saturated rings. The maximum Gasteiger partial charge on any atom is 0.0421 e. The van der Waals surface area contributed by atoms with Crippen LogP contribution in [0.2, 0.25) is 0 Å². The van der Waals surface area contributed by atoms with Gasteiger partial charge in [0.1, 0.15) is 0 Å². The number of thiophene rings is 1. The van der Waals surface area contributed by atoms with Gasteiger partial charge >= 0.3 is 0 Å². The van der Waals surface area contributed by atoms with Gasteiger partial charge in [0, 0.05) is 10.4 Å². The molecule has 0 N–H and O–H groups in total. The smallest absolute Gasteiger partial charge is 0.0421 e. The van der Waals surface area contributed by atoms with E-state index in [2.05, 4.69) is 169 Å². The monoisotopic (exact) mass is 588 g/mol. The van der Waals surface area contributed by atoms with Crippen LogP contribution in [0.3, 0.4) is 0 Å². The summed E-state index contributed by atoms with van der Waals surface area (Å²) in [4.78, 5) is 1.30. The summed E-state index contributed by atoms with van der Waals surface area (Å²) in [7, 11) is 0. The van der Waals surface area contributed by atoms with Crippen LogP contribution in [-0.2, 0) is 0 Å². The summed E-state index contributed by atoms with van der Waals surface area (Å²) in [5, 5.41) is 2.20. The first-order valence-electron chi connectivity index (χ1n) is 15.4. The summed E-state index contributed by atoms with van der Waals surface area (Å²) in [6.45, 7) is 0. The van der Waals surface area contributed by atoms with Crippen molar-refractivity contribution in [3.8, 4) is 43.8 Å². The molecule has 0 aliphatic heterocycles. The van der Waals surface area contributed by atoms with E-state index >= 15 is 0 Å². The lowest BCUT2D eigenvalue weighted by Gasteiger charge is -2.08. The van der Waals surface area contributed by atoms with Crippen LogP contribution >= 0.6 is 11.3 Å². The molecule has 45 heavy (non-hydrogen) atoms. The number of hydrogen-bond acceptors (Lipinski definition) is 1. The number of fused-ring (bicyclic) bond motifs is 6. The third-order valence-electron chi connectivity index (χ3n) is 9.13. The third-order valence-corrected chi connectivity index (χ3v) is 10.1. The minimum atomic E-state index is 1.21. The van der Waals surface area contributed by atoms with Crippen LogP contribution in [0.5, 0.6) is 0 Å². The first-order valence-corrected chi connectivity index (χ1v) is 16.3. The lowest BCUT2D eigenvalue weighted by atomic mass is 9.97. The van der Waals surface area contributed by atoms with Crippen molar-refractivity contribution in [2.45, 2.75) is 0 Å². The molecule has 210 valence electrons. The lowest BCUT2D eigenvalue weighted by molar-refractivity contribution is 1.61. The van der Waals surface area contributed by atoms with E-state index in [0.29, 0.717) is 0 Å². The molecule has 1 heterocycles. The Balaban J connectivity index is 1.01. The van der Waals surface area contributed by atoms with Gasteiger partial charge in [-0.2, -0.15) is 0 Å². The molecule has 2 aliphatic rings. The van der Waals surface area contributed by atoms with Gasteiger partial charge in [-0.15, -0.1) is 11.3 Å². The quantitative estimate of drug-likeness (QED) is 0.192. The molecule has 0 atom stereocenters. The molecule has 7 aromatic rings. The summed E-state index contributed by atoms with van der Waals surface area (Å²) in [6.07, 6.45) is 4.66. The minimum Gasteiger partial charge on any atom is -0.143 e. The zero-order chi connectivity index (χ0) is 29.7. The molecular weight excluding hydrogens is 561 g/mol. The first-order chi connectivity index (χ1) is 22.3. The number of rotatable bonds is 4. The summed E-state index contributed by atoms with van der Waals surface area (Å²) < 4.78 is 0. The van der Waals surface area contributed by atoms with Crippen molar-refractivity contribution in [1.82, 2.24) is 0 Å². The second-order valence-corrected chi connectivity index (χ2v) is 12.6. The van der Waals surface area contributed by atoms with Crippen LogP contribution in [0.15, 0.2) is 157 Å². The predicted octanol–water partition coefficient (Wildman–Crippen LogP) is 12.2.